The number of piperazine rings is 1. The molecule has 0 radical (unpaired) electrons. The van der Waals surface area contributed by atoms with E-state index < -0.39 is 0 Å². The summed E-state index contributed by atoms with van der Waals surface area (Å²) < 4.78 is 33.2. The fourth-order valence-electron chi connectivity index (χ4n) is 5.35. The van der Waals surface area contributed by atoms with E-state index in [1.807, 2.05) is 24.3 Å². The third kappa shape index (κ3) is 7.08. The van der Waals surface area contributed by atoms with Crippen molar-refractivity contribution >= 4 is 0 Å². The summed E-state index contributed by atoms with van der Waals surface area (Å²) in [4.78, 5) is 5.02. The van der Waals surface area contributed by atoms with Gasteiger partial charge in [-0.2, -0.15) is 0 Å². The molecule has 5 heteroatoms. The Bertz CT molecular complexity index is 782. The number of benzene rings is 2. The van der Waals surface area contributed by atoms with Crippen molar-refractivity contribution in [3.05, 3.63) is 71.3 Å². The van der Waals surface area contributed by atoms with Gasteiger partial charge in [-0.1, -0.05) is 43.5 Å². The lowest BCUT2D eigenvalue weighted by molar-refractivity contribution is -0.110. The zero-order valence-electron chi connectivity index (χ0n) is 19.9. The van der Waals surface area contributed by atoms with Crippen LogP contribution in [0.15, 0.2) is 48.5 Å². The molecule has 33 heavy (non-hydrogen) atoms. The van der Waals surface area contributed by atoms with Crippen molar-refractivity contribution in [2.45, 2.75) is 70.1 Å². The summed E-state index contributed by atoms with van der Waals surface area (Å²) in [6.45, 7) is 7.48. The van der Waals surface area contributed by atoms with Crippen molar-refractivity contribution in [2.75, 3.05) is 32.7 Å². The van der Waals surface area contributed by atoms with E-state index in [4.69, 9.17) is 4.74 Å². The van der Waals surface area contributed by atoms with Gasteiger partial charge in [0.05, 0.1) is 6.10 Å². The first-order valence-electron chi connectivity index (χ1n) is 12.7. The van der Waals surface area contributed by atoms with Gasteiger partial charge in [0.25, 0.3) is 0 Å². The molecule has 0 N–H and O–H groups in total. The maximum absolute atomic E-state index is 13.5. The Balaban J connectivity index is 1.25. The van der Waals surface area contributed by atoms with E-state index in [2.05, 4.69) is 16.7 Å². The van der Waals surface area contributed by atoms with Crippen molar-refractivity contribution in [1.29, 1.82) is 0 Å². The molecule has 1 atom stereocenters. The standard InChI is InChI=1S/C28H38F2N2O/c1-22(33-27-6-3-2-4-7-27)32-20-18-31(19-21-32)17-5-8-28(23-9-13-25(29)14-10-23)24-11-15-26(30)16-12-24/h9-16,22,27-28H,2-8,17-21H2,1H3. The first-order valence-corrected chi connectivity index (χ1v) is 12.7. The van der Waals surface area contributed by atoms with E-state index in [0.717, 1.165) is 56.7 Å². The van der Waals surface area contributed by atoms with Gasteiger partial charge in [0.2, 0.25) is 0 Å². The predicted molar refractivity (Wildman–Crippen MR) is 129 cm³/mol. The first-order chi connectivity index (χ1) is 16.1. The van der Waals surface area contributed by atoms with Gasteiger partial charge in [0.15, 0.2) is 0 Å². The zero-order chi connectivity index (χ0) is 23.0. The Morgan fingerprint density at radius 3 is 1.91 bits per heavy atom. The largest absolute Gasteiger partial charge is 0.360 e. The number of hydrogen-bond donors (Lipinski definition) is 0. The molecule has 4 rings (SSSR count). The van der Waals surface area contributed by atoms with Crippen LogP contribution in [0, 0.1) is 11.6 Å². The van der Waals surface area contributed by atoms with Crippen LogP contribution in [-0.2, 0) is 4.74 Å². The molecule has 2 fully saturated rings. The van der Waals surface area contributed by atoms with Crippen LogP contribution in [0.4, 0.5) is 8.78 Å². The summed E-state index contributed by atoms with van der Waals surface area (Å²) in [7, 11) is 0. The Labute approximate surface area is 197 Å². The van der Waals surface area contributed by atoms with Crippen LogP contribution in [0.5, 0.6) is 0 Å². The lowest BCUT2D eigenvalue weighted by Gasteiger charge is -2.39. The highest BCUT2D eigenvalue weighted by Gasteiger charge is 2.25. The molecule has 1 unspecified atom stereocenters. The zero-order valence-corrected chi connectivity index (χ0v) is 19.9. The minimum atomic E-state index is -0.226. The normalized spacial score (nSPS) is 19.8. The lowest BCUT2D eigenvalue weighted by Crippen LogP contribution is -2.51. The van der Waals surface area contributed by atoms with Gasteiger partial charge in [-0.15, -0.1) is 0 Å². The van der Waals surface area contributed by atoms with Crippen LogP contribution < -0.4 is 0 Å². The summed E-state index contributed by atoms with van der Waals surface area (Å²) in [5.41, 5.74) is 2.17. The second-order valence-electron chi connectivity index (χ2n) is 9.67. The van der Waals surface area contributed by atoms with Crippen LogP contribution >= 0.6 is 0 Å². The van der Waals surface area contributed by atoms with Gasteiger partial charge in [-0.25, -0.2) is 8.78 Å². The summed E-state index contributed by atoms with van der Waals surface area (Å²) in [5.74, 6) is -0.302. The number of rotatable bonds is 9. The van der Waals surface area contributed by atoms with E-state index in [-0.39, 0.29) is 23.8 Å². The van der Waals surface area contributed by atoms with Crippen molar-refractivity contribution in [2.24, 2.45) is 0 Å². The van der Waals surface area contributed by atoms with Crippen LogP contribution in [-0.4, -0.2) is 54.9 Å². The third-order valence-electron chi connectivity index (χ3n) is 7.37. The van der Waals surface area contributed by atoms with Gasteiger partial charge in [-0.3, -0.25) is 4.90 Å². The van der Waals surface area contributed by atoms with Gasteiger partial charge >= 0.3 is 0 Å². The highest BCUT2D eigenvalue weighted by atomic mass is 19.1. The molecule has 2 aromatic carbocycles. The topological polar surface area (TPSA) is 15.7 Å². The van der Waals surface area contributed by atoms with Crippen LogP contribution in [0.25, 0.3) is 0 Å². The second kappa shape index (κ2) is 12.0. The Morgan fingerprint density at radius 2 is 1.36 bits per heavy atom. The minimum Gasteiger partial charge on any atom is -0.360 e. The summed E-state index contributed by atoms with van der Waals surface area (Å²) in [6, 6.07) is 13.5. The molecule has 0 aromatic heterocycles. The van der Waals surface area contributed by atoms with Crippen molar-refractivity contribution < 1.29 is 13.5 Å². The molecule has 1 heterocycles. The molecule has 1 aliphatic heterocycles. The second-order valence-corrected chi connectivity index (χ2v) is 9.67. The number of ether oxygens (including phenoxy) is 1. The number of halogens is 2. The van der Waals surface area contributed by atoms with Gasteiger partial charge in [0, 0.05) is 32.1 Å². The van der Waals surface area contributed by atoms with Gasteiger partial charge in [-0.05, 0) is 74.5 Å². The molecule has 2 aromatic rings. The monoisotopic (exact) mass is 456 g/mol. The molecular formula is C28H38F2N2O. The molecule has 1 saturated carbocycles. The number of nitrogens with zero attached hydrogens (tertiary/aromatic N) is 2. The molecular weight excluding hydrogens is 418 g/mol. The van der Waals surface area contributed by atoms with Crippen molar-refractivity contribution in [3.8, 4) is 0 Å². The van der Waals surface area contributed by atoms with E-state index >= 15 is 0 Å². The summed E-state index contributed by atoms with van der Waals surface area (Å²) in [5, 5.41) is 0. The molecule has 1 saturated heterocycles. The quantitative estimate of drug-likeness (QED) is 0.447. The highest BCUT2D eigenvalue weighted by Crippen LogP contribution is 2.30. The van der Waals surface area contributed by atoms with Gasteiger partial charge in [0.1, 0.15) is 17.9 Å². The Kier molecular flexibility index (Phi) is 8.88. The van der Waals surface area contributed by atoms with Crippen LogP contribution in [0.2, 0.25) is 0 Å². The van der Waals surface area contributed by atoms with Gasteiger partial charge < -0.3 is 9.64 Å². The predicted octanol–water partition coefficient (Wildman–Crippen LogP) is 6.19. The fraction of sp³-hybridized carbons (Fsp3) is 0.571. The molecule has 0 spiro atoms. The molecule has 2 aliphatic rings. The molecule has 1 aliphatic carbocycles. The number of hydrogen-bond acceptors (Lipinski definition) is 3. The molecule has 180 valence electrons. The minimum absolute atomic E-state index is 0.149. The highest BCUT2D eigenvalue weighted by molar-refractivity contribution is 5.32. The fourth-order valence-corrected chi connectivity index (χ4v) is 5.35. The Hall–Kier alpha value is -1.82. The average molecular weight is 457 g/mol. The van der Waals surface area contributed by atoms with Crippen LogP contribution in [0.1, 0.15) is 68.9 Å². The smallest absolute Gasteiger partial charge is 0.123 e. The van der Waals surface area contributed by atoms with E-state index in [1.165, 1.54) is 56.4 Å². The average Bonchev–Trinajstić information content (AvgIpc) is 2.84. The van der Waals surface area contributed by atoms with Crippen molar-refractivity contribution in [1.82, 2.24) is 9.80 Å². The third-order valence-corrected chi connectivity index (χ3v) is 7.37. The van der Waals surface area contributed by atoms with E-state index in [0.29, 0.717) is 6.10 Å². The molecule has 3 nitrogen and oxygen atoms in total. The lowest BCUT2D eigenvalue weighted by atomic mass is 9.87. The van der Waals surface area contributed by atoms with Crippen molar-refractivity contribution in [3.63, 3.8) is 0 Å². The van der Waals surface area contributed by atoms with Crippen LogP contribution in [0.3, 0.4) is 0 Å². The first kappa shape index (κ1) is 24.3. The Morgan fingerprint density at radius 1 is 0.818 bits per heavy atom. The molecule has 0 amide bonds. The molecule has 0 bridgehead atoms. The summed E-state index contributed by atoms with van der Waals surface area (Å²) in [6.07, 6.45) is 9.06. The maximum Gasteiger partial charge on any atom is 0.123 e. The summed E-state index contributed by atoms with van der Waals surface area (Å²) >= 11 is 0. The SMILES string of the molecule is CC(OC1CCCCC1)N1CCN(CCCC(c2ccc(F)cc2)c2ccc(F)cc2)CC1. The van der Waals surface area contributed by atoms with E-state index in [9.17, 15) is 8.78 Å². The van der Waals surface area contributed by atoms with E-state index in [1.54, 1.807) is 0 Å². The maximum atomic E-state index is 13.5.